The second-order valence-corrected chi connectivity index (χ2v) is 7.67. The highest BCUT2D eigenvalue weighted by atomic mass is 35.5. The smallest absolute Gasteiger partial charge is 0.410 e. The molecular formula is C21H20ClFN6O2. The van der Waals surface area contributed by atoms with E-state index in [-0.39, 0.29) is 18.3 Å². The predicted octanol–water partition coefficient (Wildman–Crippen LogP) is 3.71. The second kappa shape index (κ2) is 9.18. The Kier molecular flexibility index (Phi) is 6.18. The molecule has 8 nitrogen and oxygen atoms in total. The molecule has 0 spiro atoms. The quantitative estimate of drug-likeness (QED) is 0.585. The van der Waals surface area contributed by atoms with Crippen LogP contribution in [0.4, 0.5) is 15.0 Å². The molecule has 1 saturated heterocycles. The minimum atomic E-state index is -0.555. The number of aromatic amines is 1. The summed E-state index contributed by atoms with van der Waals surface area (Å²) in [5.41, 5.74) is 1.31. The molecule has 0 aliphatic carbocycles. The molecule has 0 saturated carbocycles. The number of likely N-dealkylation sites (tertiary alicyclic amines) is 1. The number of anilines is 1. The number of fused-ring (bicyclic) bond motifs is 1. The van der Waals surface area contributed by atoms with Crippen molar-refractivity contribution in [2.45, 2.75) is 12.8 Å². The van der Waals surface area contributed by atoms with Gasteiger partial charge in [-0.3, -0.25) is 0 Å². The molecule has 10 heteroatoms. The van der Waals surface area contributed by atoms with E-state index in [4.69, 9.17) is 22.8 Å². The molecule has 4 heterocycles. The van der Waals surface area contributed by atoms with E-state index >= 15 is 0 Å². The molecule has 160 valence electrons. The first-order valence-electron chi connectivity index (χ1n) is 9.79. The van der Waals surface area contributed by atoms with Crippen LogP contribution in [0.2, 0.25) is 5.02 Å². The number of carbonyl (C=O) groups is 1. The highest BCUT2D eigenvalue weighted by Gasteiger charge is 2.25. The number of carbonyl (C=O) groups excluding carboxylic acids is 1. The van der Waals surface area contributed by atoms with Gasteiger partial charge in [-0.15, -0.1) is 6.42 Å². The van der Waals surface area contributed by atoms with Gasteiger partial charge in [0.1, 0.15) is 5.65 Å². The maximum atomic E-state index is 14.4. The van der Waals surface area contributed by atoms with Crippen LogP contribution in [0.25, 0.3) is 22.4 Å². The molecule has 2 N–H and O–H groups in total. The fraction of sp³-hybridized carbons (Fsp3) is 0.333. The molecule has 1 aliphatic heterocycles. The zero-order valence-electron chi connectivity index (χ0n) is 16.6. The molecule has 1 fully saturated rings. The van der Waals surface area contributed by atoms with Crippen LogP contribution in [-0.4, -0.2) is 57.2 Å². The maximum absolute atomic E-state index is 14.4. The van der Waals surface area contributed by atoms with Crippen LogP contribution in [0.5, 0.6) is 0 Å². The molecule has 0 radical (unpaired) electrons. The first kappa shape index (κ1) is 20.9. The number of rotatable bonds is 5. The minimum absolute atomic E-state index is 0.0538. The summed E-state index contributed by atoms with van der Waals surface area (Å²) in [6.45, 7) is 1.51. The summed E-state index contributed by atoms with van der Waals surface area (Å²) in [5, 5.41) is 4.29. The predicted molar refractivity (Wildman–Crippen MR) is 115 cm³/mol. The number of hydrogen-bond donors (Lipinski definition) is 2. The van der Waals surface area contributed by atoms with Crippen molar-refractivity contribution in [3.63, 3.8) is 0 Å². The standard InChI is InChI=1S/C21H20ClFN6O2/c1-2-6-31-21(30)29-5-3-4-13(12-29)8-24-20-17(23)11-27-19(28-20)16-10-26-18-15(16)7-14(22)9-25-18/h1,7,9-11,13H,3-6,8,12H2,(H,25,26)(H,24,27,28). The number of piperidine rings is 1. The van der Waals surface area contributed by atoms with Crippen LogP contribution in [0.3, 0.4) is 0 Å². The van der Waals surface area contributed by atoms with E-state index in [1.807, 2.05) is 0 Å². The first-order chi connectivity index (χ1) is 15.0. The van der Waals surface area contributed by atoms with Crippen LogP contribution in [-0.2, 0) is 4.74 Å². The van der Waals surface area contributed by atoms with Gasteiger partial charge in [0.2, 0.25) is 0 Å². The molecule has 0 aromatic carbocycles. The van der Waals surface area contributed by atoms with E-state index in [9.17, 15) is 9.18 Å². The Morgan fingerprint density at radius 2 is 2.32 bits per heavy atom. The zero-order valence-corrected chi connectivity index (χ0v) is 17.3. The van der Waals surface area contributed by atoms with Crippen LogP contribution in [0, 0.1) is 24.1 Å². The molecular weight excluding hydrogens is 423 g/mol. The zero-order chi connectivity index (χ0) is 21.8. The van der Waals surface area contributed by atoms with Crippen molar-refractivity contribution in [2.75, 3.05) is 31.6 Å². The average molecular weight is 443 g/mol. The maximum Gasteiger partial charge on any atom is 0.410 e. The fourth-order valence-electron chi connectivity index (χ4n) is 3.62. The van der Waals surface area contributed by atoms with Crippen LogP contribution < -0.4 is 5.32 Å². The van der Waals surface area contributed by atoms with Crippen molar-refractivity contribution < 1.29 is 13.9 Å². The van der Waals surface area contributed by atoms with Crippen molar-refractivity contribution in [3.8, 4) is 23.7 Å². The molecule has 4 rings (SSSR count). The number of amides is 1. The Morgan fingerprint density at radius 1 is 1.45 bits per heavy atom. The number of pyridine rings is 1. The number of halogens is 2. The molecule has 1 aliphatic rings. The number of ether oxygens (including phenoxy) is 1. The lowest BCUT2D eigenvalue weighted by Gasteiger charge is -2.32. The largest absolute Gasteiger partial charge is 0.436 e. The van der Waals surface area contributed by atoms with E-state index in [0.717, 1.165) is 24.4 Å². The summed E-state index contributed by atoms with van der Waals surface area (Å²) in [4.78, 5) is 29.4. The van der Waals surface area contributed by atoms with Gasteiger partial charge in [0.25, 0.3) is 0 Å². The molecule has 3 aromatic heterocycles. The van der Waals surface area contributed by atoms with Gasteiger partial charge in [0.15, 0.2) is 24.1 Å². The van der Waals surface area contributed by atoms with E-state index < -0.39 is 11.9 Å². The summed E-state index contributed by atoms with van der Waals surface area (Å²) in [7, 11) is 0. The fourth-order valence-corrected chi connectivity index (χ4v) is 3.77. The van der Waals surface area contributed by atoms with Crippen molar-refractivity contribution in [2.24, 2.45) is 5.92 Å². The third-order valence-electron chi connectivity index (χ3n) is 5.10. The lowest BCUT2D eigenvalue weighted by Crippen LogP contribution is -2.42. The molecule has 1 unspecified atom stereocenters. The third-order valence-corrected chi connectivity index (χ3v) is 5.30. The Balaban J connectivity index is 1.46. The van der Waals surface area contributed by atoms with Gasteiger partial charge in [-0.2, -0.15) is 0 Å². The molecule has 1 atom stereocenters. The number of aromatic nitrogens is 4. The van der Waals surface area contributed by atoms with E-state index in [0.29, 0.717) is 41.7 Å². The van der Waals surface area contributed by atoms with Gasteiger partial charge in [-0.1, -0.05) is 17.5 Å². The van der Waals surface area contributed by atoms with Gasteiger partial charge >= 0.3 is 6.09 Å². The van der Waals surface area contributed by atoms with Crippen molar-refractivity contribution in [1.29, 1.82) is 0 Å². The Labute approximate surface area is 183 Å². The van der Waals surface area contributed by atoms with Crippen molar-refractivity contribution in [3.05, 3.63) is 35.5 Å². The monoisotopic (exact) mass is 442 g/mol. The Bertz CT molecular complexity index is 1140. The summed E-state index contributed by atoms with van der Waals surface area (Å²) in [6, 6.07) is 1.76. The summed E-state index contributed by atoms with van der Waals surface area (Å²) < 4.78 is 19.3. The molecule has 3 aromatic rings. The van der Waals surface area contributed by atoms with Crippen molar-refractivity contribution >= 4 is 34.5 Å². The van der Waals surface area contributed by atoms with Crippen LogP contribution in [0.1, 0.15) is 12.8 Å². The topological polar surface area (TPSA) is 96.0 Å². The lowest BCUT2D eigenvalue weighted by molar-refractivity contribution is 0.0955. The van der Waals surface area contributed by atoms with E-state index in [1.54, 1.807) is 23.4 Å². The number of nitrogens with zero attached hydrogens (tertiary/aromatic N) is 4. The highest BCUT2D eigenvalue weighted by Crippen LogP contribution is 2.28. The Morgan fingerprint density at radius 3 is 3.16 bits per heavy atom. The van der Waals surface area contributed by atoms with Crippen LogP contribution >= 0.6 is 11.6 Å². The minimum Gasteiger partial charge on any atom is -0.436 e. The molecule has 1 amide bonds. The second-order valence-electron chi connectivity index (χ2n) is 7.24. The Hall–Kier alpha value is -3.38. The number of terminal acetylenes is 1. The summed E-state index contributed by atoms with van der Waals surface area (Å²) in [5.74, 6) is 2.30. The summed E-state index contributed by atoms with van der Waals surface area (Å²) >= 11 is 6.05. The van der Waals surface area contributed by atoms with Crippen molar-refractivity contribution in [1.82, 2.24) is 24.8 Å². The van der Waals surface area contributed by atoms with Gasteiger partial charge < -0.3 is 19.9 Å². The third kappa shape index (κ3) is 4.70. The van der Waals surface area contributed by atoms with E-state index in [2.05, 4.69) is 31.2 Å². The van der Waals surface area contributed by atoms with Gasteiger partial charge in [-0.05, 0) is 24.8 Å². The highest BCUT2D eigenvalue weighted by molar-refractivity contribution is 6.31. The number of nitrogens with one attached hydrogen (secondary N) is 2. The lowest BCUT2D eigenvalue weighted by atomic mass is 9.98. The van der Waals surface area contributed by atoms with E-state index in [1.165, 1.54) is 0 Å². The molecule has 31 heavy (non-hydrogen) atoms. The van der Waals surface area contributed by atoms with Crippen LogP contribution in [0.15, 0.2) is 24.7 Å². The normalized spacial score (nSPS) is 16.2. The SMILES string of the molecule is C#CCOC(=O)N1CCCC(CNc2nc(-c3c[nH]c4ncc(Cl)cc34)ncc2F)C1. The number of hydrogen-bond acceptors (Lipinski definition) is 6. The average Bonchev–Trinajstić information content (AvgIpc) is 3.20. The van der Waals surface area contributed by atoms with Gasteiger partial charge in [-0.25, -0.2) is 24.1 Å². The molecule has 0 bridgehead atoms. The first-order valence-corrected chi connectivity index (χ1v) is 10.2. The number of H-pyrrole nitrogens is 1. The van der Waals surface area contributed by atoms with Gasteiger partial charge in [0, 0.05) is 43.0 Å². The van der Waals surface area contributed by atoms with Gasteiger partial charge in [0.05, 0.1) is 11.2 Å². The summed E-state index contributed by atoms with van der Waals surface area (Å²) in [6.07, 6.45) is 10.8.